The standard InChI is InChI=1S/C30H42N6O7/c31-27(40)22(8-3-4-17-36-24(38)14-15-25(36)39)26(20-6-1-2-7-20)29(42)35-23(9-5-16-33-30(32)43)28(41)34-21-12-10-19(18-37)11-13-21/h10-15,20,22-23,26,37H,1-9,16-18H2,(H2,31,40)(H,34,41)(H,35,42)(H3,32,33,43)/t22?,23-,26-/m0/s1. The molecule has 1 aromatic carbocycles. The minimum atomic E-state index is -0.975. The van der Waals surface area contributed by atoms with E-state index >= 15 is 0 Å². The SMILES string of the molecule is NC(=O)NCCC[C@H](NC(=O)[C@@H](C1CCCC1)C(CCCCN1C(=O)C=CC1=O)C(N)=O)C(=O)Nc1ccc(CO)cc1. The summed E-state index contributed by atoms with van der Waals surface area (Å²) in [5.41, 5.74) is 12.1. The molecule has 1 aliphatic heterocycles. The van der Waals surface area contributed by atoms with Crippen molar-refractivity contribution in [2.45, 2.75) is 70.4 Å². The van der Waals surface area contributed by atoms with Gasteiger partial charge in [0.2, 0.25) is 17.7 Å². The van der Waals surface area contributed by atoms with E-state index in [1.54, 1.807) is 24.3 Å². The number of aliphatic hydroxyl groups excluding tert-OH is 1. The molecule has 1 heterocycles. The molecule has 8 N–H and O–H groups in total. The molecule has 1 aliphatic carbocycles. The molecule has 13 nitrogen and oxygen atoms in total. The molecule has 43 heavy (non-hydrogen) atoms. The molecule has 0 radical (unpaired) electrons. The summed E-state index contributed by atoms with van der Waals surface area (Å²) in [6.07, 6.45) is 7.52. The Morgan fingerprint density at radius 1 is 0.907 bits per heavy atom. The zero-order valence-electron chi connectivity index (χ0n) is 24.3. The fraction of sp³-hybridized carbons (Fsp3) is 0.533. The number of anilines is 1. The zero-order chi connectivity index (χ0) is 31.4. The van der Waals surface area contributed by atoms with Gasteiger partial charge in [0, 0.05) is 36.8 Å². The van der Waals surface area contributed by atoms with Gasteiger partial charge >= 0.3 is 6.03 Å². The summed E-state index contributed by atoms with van der Waals surface area (Å²) in [5.74, 6) is -3.91. The summed E-state index contributed by atoms with van der Waals surface area (Å²) in [5, 5.41) is 17.4. The minimum absolute atomic E-state index is 0.0882. The number of carbonyl (C=O) groups is 6. The van der Waals surface area contributed by atoms with Crippen LogP contribution in [0.15, 0.2) is 36.4 Å². The van der Waals surface area contributed by atoms with E-state index in [0.29, 0.717) is 36.9 Å². The predicted molar refractivity (Wildman–Crippen MR) is 158 cm³/mol. The van der Waals surface area contributed by atoms with Gasteiger partial charge in [-0.25, -0.2) is 4.79 Å². The largest absolute Gasteiger partial charge is 0.392 e. The molecule has 2 aliphatic rings. The van der Waals surface area contributed by atoms with Crippen molar-refractivity contribution in [3.8, 4) is 0 Å². The number of imide groups is 1. The van der Waals surface area contributed by atoms with Gasteiger partial charge in [-0.05, 0) is 62.1 Å². The van der Waals surface area contributed by atoms with Crippen LogP contribution >= 0.6 is 0 Å². The maximum absolute atomic E-state index is 13.9. The monoisotopic (exact) mass is 598 g/mol. The third-order valence-corrected chi connectivity index (χ3v) is 8.06. The Bertz CT molecular complexity index is 1180. The van der Waals surface area contributed by atoms with Gasteiger partial charge in [0.05, 0.1) is 12.5 Å². The molecule has 0 aromatic heterocycles. The number of aliphatic hydroxyl groups is 1. The molecule has 1 saturated carbocycles. The zero-order valence-corrected chi connectivity index (χ0v) is 24.3. The first-order valence-electron chi connectivity index (χ1n) is 14.8. The van der Waals surface area contributed by atoms with Crippen LogP contribution in [-0.4, -0.2) is 64.7 Å². The molecule has 1 fully saturated rings. The van der Waals surface area contributed by atoms with Crippen LogP contribution in [-0.2, 0) is 30.6 Å². The summed E-state index contributed by atoms with van der Waals surface area (Å²) < 4.78 is 0. The Morgan fingerprint density at radius 2 is 1.56 bits per heavy atom. The second kappa shape index (κ2) is 16.4. The van der Waals surface area contributed by atoms with E-state index in [0.717, 1.165) is 30.6 Å². The molecular weight excluding hydrogens is 556 g/mol. The topological polar surface area (TPSA) is 214 Å². The van der Waals surface area contributed by atoms with Crippen LogP contribution in [0.3, 0.4) is 0 Å². The lowest BCUT2D eigenvalue weighted by Gasteiger charge is -2.31. The van der Waals surface area contributed by atoms with Gasteiger partial charge in [0.25, 0.3) is 11.8 Å². The molecule has 3 rings (SSSR count). The Labute approximate surface area is 250 Å². The highest BCUT2D eigenvalue weighted by Gasteiger charge is 2.40. The van der Waals surface area contributed by atoms with E-state index in [1.165, 1.54) is 12.2 Å². The average molecular weight is 599 g/mol. The van der Waals surface area contributed by atoms with Crippen LogP contribution in [0.1, 0.15) is 63.4 Å². The highest BCUT2D eigenvalue weighted by molar-refractivity contribution is 6.12. The summed E-state index contributed by atoms with van der Waals surface area (Å²) in [6.45, 7) is 0.264. The Morgan fingerprint density at radius 3 is 2.14 bits per heavy atom. The number of amides is 7. The molecule has 0 spiro atoms. The van der Waals surface area contributed by atoms with Gasteiger partial charge in [-0.1, -0.05) is 31.4 Å². The van der Waals surface area contributed by atoms with Crippen molar-refractivity contribution in [3.63, 3.8) is 0 Å². The van der Waals surface area contributed by atoms with Crippen molar-refractivity contribution >= 4 is 41.3 Å². The summed E-state index contributed by atoms with van der Waals surface area (Å²) in [6, 6.07) is 4.94. The number of nitrogens with two attached hydrogens (primary N) is 2. The molecule has 234 valence electrons. The molecule has 1 unspecified atom stereocenters. The number of unbranched alkanes of at least 4 members (excludes halogenated alkanes) is 1. The van der Waals surface area contributed by atoms with Crippen molar-refractivity contribution in [3.05, 3.63) is 42.0 Å². The van der Waals surface area contributed by atoms with Gasteiger partial charge in [-0.2, -0.15) is 0 Å². The van der Waals surface area contributed by atoms with Crippen LogP contribution in [0.2, 0.25) is 0 Å². The summed E-state index contributed by atoms with van der Waals surface area (Å²) in [4.78, 5) is 75.8. The summed E-state index contributed by atoms with van der Waals surface area (Å²) in [7, 11) is 0. The first-order valence-corrected chi connectivity index (χ1v) is 14.8. The number of rotatable bonds is 17. The lowest BCUT2D eigenvalue weighted by Crippen LogP contribution is -2.50. The first kappa shape index (κ1) is 33.2. The molecular formula is C30H42N6O7. The van der Waals surface area contributed by atoms with Gasteiger partial charge in [-0.15, -0.1) is 0 Å². The molecule has 0 saturated heterocycles. The molecule has 13 heteroatoms. The molecule has 7 amide bonds. The van der Waals surface area contributed by atoms with E-state index in [-0.39, 0.29) is 43.8 Å². The lowest BCUT2D eigenvalue weighted by atomic mass is 9.76. The average Bonchev–Trinajstić information content (AvgIpc) is 3.61. The van der Waals surface area contributed by atoms with Crippen molar-refractivity contribution in [2.75, 3.05) is 18.4 Å². The van der Waals surface area contributed by atoms with Gasteiger partial charge in [-0.3, -0.25) is 28.9 Å². The number of hydrogen-bond acceptors (Lipinski definition) is 7. The highest BCUT2D eigenvalue weighted by atomic mass is 16.3. The van der Waals surface area contributed by atoms with Crippen molar-refractivity contribution in [2.24, 2.45) is 29.2 Å². The third-order valence-electron chi connectivity index (χ3n) is 8.06. The fourth-order valence-corrected chi connectivity index (χ4v) is 5.80. The van der Waals surface area contributed by atoms with Crippen molar-refractivity contribution in [1.82, 2.24) is 15.5 Å². The number of hydrogen-bond donors (Lipinski definition) is 6. The molecule has 3 atom stereocenters. The van der Waals surface area contributed by atoms with E-state index in [4.69, 9.17) is 11.5 Å². The van der Waals surface area contributed by atoms with Gasteiger partial charge in [0.1, 0.15) is 6.04 Å². The van der Waals surface area contributed by atoms with Crippen LogP contribution in [0.25, 0.3) is 0 Å². The minimum Gasteiger partial charge on any atom is -0.392 e. The van der Waals surface area contributed by atoms with E-state index in [9.17, 15) is 33.9 Å². The van der Waals surface area contributed by atoms with Crippen molar-refractivity contribution in [1.29, 1.82) is 0 Å². The van der Waals surface area contributed by atoms with Crippen LogP contribution in [0.4, 0.5) is 10.5 Å². The Kier molecular flexibility index (Phi) is 12.7. The molecule has 0 bridgehead atoms. The van der Waals surface area contributed by atoms with Crippen LogP contribution < -0.4 is 27.4 Å². The maximum atomic E-state index is 13.9. The maximum Gasteiger partial charge on any atom is 0.312 e. The van der Waals surface area contributed by atoms with Crippen LogP contribution in [0.5, 0.6) is 0 Å². The van der Waals surface area contributed by atoms with Gasteiger partial charge in [0.15, 0.2) is 0 Å². The van der Waals surface area contributed by atoms with Crippen LogP contribution in [0, 0.1) is 17.8 Å². The Hall–Kier alpha value is -4.26. The number of nitrogens with one attached hydrogen (secondary N) is 3. The number of primary amides is 2. The molecule has 1 aromatic rings. The van der Waals surface area contributed by atoms with Crippen molar-refractivity contribution < 1.29 is 33.9 Å². The number of benzene rings is 1. The van der Waals surface area contributed by atoms with E-state index in [2.05, 4.69) is 16.0 Å². The normalized spacial score (nSPS) is 17.0. The smallest absolute Gasteiger partial charge is 0.312 e. The second-order valence-electron chi connectivity index (χ2n) is 11.1. The quantitative estimate of drug-likeness (QED) is 0.113. The number of nitrogens with zero attached hydrogens (tertiary/aromatic N) is 1. The third kappa shape index (κ3) is 9.91. The lowest BCUT2D eigenvalue weighted by molar-refractivity contribution is -0.137. The number of carbonyl (C=O) groups excluding carboxylic acids is 6. The Balaban J connectivity index is 1.72. The highest BCUT2D eigenvalue weighted by Crippen LogP contribution is 2.37. The van der Waals surface area contributed by atoms with E-state index in [1.807, 2.05) is 0 Å². The first-order chi connectivity index (χ1) is 20.6. The van der Waals surface area contributed by atoms with E-state index < -0.39 is 41.6 Å². The fourth-order valence-electron chi connectivity index (χ4n) is 5.80. The second-order valence-corrected chi connectivity index (χ2v) is 11.1. The number of urea groups is 1. The predicted octanol–water partition coefficient (Wildman–Crippen LogP) is 1.05. The summed E-state index contributed by atoms with van der Waals surface area (Å²) >= 11 is 0. The van der Waals surface area contributed by atoms with Gasteiger partial charge < -0.3 is 32.5 Å².